The highest BCUT2D eigenvalue weighted by molar-refractivity contribution is 7.57. The van der Waals surface area contributed by atoms with Crippen LogP contribution in [0.1, 0.15) is 5.56 Å². The SMILES string of the molecule is NCC(O)CP(=O)(O)Cc1ccc(Cl)cc1. The molecular weight excluding hydrogens is 249 g/mol. The zero-order valence-electron chi connectivity index (χ0n) is 8.71. The molecule has 0 bridgehead atoms. The van der Waals surface area contributed by atoms with Crippen molar-refractivity contribution in [1.82, 2.24) is 0 Å². The maximum Gasteiger partial charge on any atom is 0.207 e. The molecule has 90 valence electrons. The Labute approximate surface area is 99.5 Å². The van der Waals surface area contributed by atoms with Gasteiger partial charge in [0, 0.05) is 17.7 Å². The van der Waals surface area contributed by atoms with E-state index in [1.807, 2.05) is 0 Å². The first-order valence-corrected chi connectivity index (χ1v) is 7.27. The van der Waals surface area contributed by atoms with Crippen molar-refractivity contribution in [3.8, 4) is 0 Å². The lowest BCUT2D eigenvalue weighted by molar-refractivity contribution is 0.202. The number of rotatable bonds is 5. The van der Waals surface area contributed by atoms with Crippen LogP contribution in [0.4, 0.5) is 0 Å². The Balaban J connectivity index is 2.65. The van der Waals surface area contributed by atoms with E-state index in [1.165, 1.54) is 0 Å². The zero-order chi connectivity index (χ0) is 12.2. The number of hydrogen-bond acceptors (Lipinski definition) is 3. The van der Waals surface area contributed by atoms with Crippen molar-refractivity contribution in [2.45, 2.75) is 12.3 Å². The maximum absolute atomic E-state index is 11.7. The van der Waals surface area contributed by atoms with E-state index >= 15 is 0 Å². The third kappa shape index (κ3) is 4.64. The van der Waals surface area contributed by atoms with Crippen molar-refractivity contribution in [2.75, 3.05) is 12.7 Å². The molecule has 0 saturated heterocycles. The van der Waals surface area contributed by atoms with E-state index in [1.54, 1.807) is 24.3 Å². The number of benzene rings is 1. The fourth-order valence-electron chi connectivity index (χ4n) is 1.34. The minimum absolute atomic E-state index is 0.00876. The van der Waals surface area contributed by atoms with Crippen molar-refractivity contribution < 1.29 is 14.6 Å². The van der Waals surface area contributed by atoms with Gasteiger partial charge in [-0.3, -0.25) is 4.57 Å². The van der Waals surface area contributed by atoms with Crippen LogP contribution in [0.2, 0.25) is 5.02 Å². The van der Waals surface area contributed by atoms with Gasteiger partial charge in [-0.25, -0.2) is 0 Å². The average molecular weight is 264 g/mol. The van der Waals surface area contributed by atoms with E-state index in [2.05, 4.69) is 0 Å². The lowest BCUT2D eigenvalue weighted by Gasteiger charge is -2.14. The van der Waals surface area contributed by atoms with Gasteiger partial charge in [-0.15, -0.1) is 0 Å². The summed E-state index contributed by atoms with van der Waals surface area (Å²) < 4.78 is 11.7. The summed E-state index contributed by atoms with van der Waals surface area (Å²) >= 11 is 5.70. The lowest BCUT2D eigenvalue weighted by atomic mass is 10.2. The molecule has 1 aromatic rings. The van der Waals surface area contributed by atoms with Gasteiger partial charge in [-0.1, -0.05) is 23.7 Å². The van der Waals surface area contributed by atoms with Crippen molar-refractivity contribution in [3.05, 3.63) is 34.9 Å². The summed E-state index contributed by atoms with van der Waals surface area (Å²) in [6.07, 6.45) is -1.07. The van der Waals surface area contributed by atoms with Gasteiger partial charge in [-0.2, -0.15) is 0 Å². The molecule has 0 fully saturated rings. The van der Waals surface area contributed by atoms with Crippen molar-refractivity contribution in [3.63, 3.8) is 0 Å². The minimum atomic E-state index is -3.38. The molecule has 6 heteroatoms. The molecule has 0 aliphatic rings. The molecule has 0 heterocycles. The molecule has 0 aromatic heterocycles. The number of aliphatic hydroxyl groups is 1. The first-order chi connectivity index (χ1) is 7.43. The van der Waals surface area contributed by atoms with E-state index in [-0.39, 0.29) is 18.9 Å². The summed E-state index contributed by atoms with van der Waals surface area (Å²) in [6, 6.07) is 6.71. The van der Waals surface area contributed by atoms with Crippen molar-refractivity contribution in [2.24, 2.45) is 5.73 Å². The van der Waals surface area contributed by atoms with Crippen LogP contribution in [-0.2, 0) is 10.7 Å². The van der Waals surface area contributed by atoms with E-state index in [9.17, 15) is 14.6 Å². The molecule has 0 aliphatic carbocycles. The monoisotopic (exact) mass is 263 g/mol. The van der Waals surface area contributed by atoms with Crippen molar-refractivity contribution >= 4 is 19.0 Å². The Morgan fingerprint density at radius 1 is 1.38 bits per heavy atom. The summed E-state index contributed by atoms with van der Waals surface area (Å²) in [5.74, 6) is 0. The van der Waals surface area contributed by atoms with Crippen LogP contribution < -0.4 is 5.73 Å². The Kier molecular flexibility index (Phi) is 4.96. The second kappa shape index (κ2) is 5.80. The molecule has 0 aliphatic heterocycles. The third-order valence-electron chi connectivity index (χ3n) is 2.11. The van der Waals surface area contributed by atoms with Crippen LogP contribution >= 0.6 is 19.0 Å². The second-order valence-electron chi connectivity index (χ2n) is 3.70. The maximum atomic E-state index is 11.7. The Bertz CT molecular complexity index is 382. The molecule has 16 heavy (non-hydrogen) atoms. The van der Waals surface area contributed by atoms with Gasteiger partial charge in [0.1, 0.15) is 0 Å². The summed E-state index contributed by atoms with van der Waals surface area (Å²) in [7, 11) is -3.38. The van der Waals surface area contributed by atoms with Gasteiger partial charge >= 0.3 is 0 Å². The van der Waals surface area contributed by atoms with Gasteiger partial charge < -0.3 is 15.7 Å². The van der Waals surface area contributed by atoms with Crippen molar-refractivity contribution in [1.29, 1.82) is 0 Å². The first-order valence-electron chi connectivity index (χ1n) is 4.86. The fourth-order valence-corrected chi connectivity index (χ4v) is 3.19. The molecule has 0 radical (unpaired) electrons. The summed E-state index contributed by atoms with van der Waals surface area (Å²) in [5, 5.41) is 9.82. The zero-order valence-corrected chi connectivity index (χ0v) is 10.4. The van der Waals surface area contributed by atoms with Gasteiger partial charge in [0.05, 0.1) is 12.3 Å². The van der Waals surface area contributed by atoms with Crippen LogP contribution in [-0.4, -0.2) is 28.8 Å². The topological polar surface area (TPSA) is 83.5 Å². The smallest absolute Gasteiger partial charge is 0.207 e. The molecule has 0 saturated carbocycles. The molecule has 1 aromatic carbocycles. The predicted octanol–water partition coefficient (Wildman–Crippen LogP) is 1.43. The molecule has 1 rings (SSSR count). The van der Waals surface area contributed by atoms with E-state index in [4.69, 9.17) is 17.3 Å². The standard InChI is InChI=1S/C10H15ClNO3P/c11-9-3-1-8(2-4-9)6-16(14,15)7-10(13)5-12/h1-4,10,13H,5-7,12H2,(H,14,15). The Hall–Kier alpha value is -0.380. The molecule has 4 N–H and O–H groups in total. The first kappa shape index (κ1) is 13.7. The van der Waals surface area contributed by atoms with E-state index in [0.29, 0.717) is 5.02 Å². The van der Waals surface area contributed by atoms with Gasteiger partial charge in [0.25, 0.3) is 0 Å². The largest absolute Gasteiger partial charge is 0.391 e. The molecule has 4 nitrogen and oxygen atoms in total. The number of halogens is 1. The fraction of sp³-hybridized carbons (Fsp3) is 0.400. The van der Waals surface area contributed by atoms with Gasteiger partial charge in [0.2, 0.25) is 7.37 Å². The van der Waals surface area contributed by atoms with E-state index in [0.717, 1.165) is 5.56 Å². The highest BCUT2D eigenvalue weighted by atomic mass is 35.5. The van der Waals surface area contributed by atoms with Crippen LogP contribution in [0, 0.1) is 0 Å². The number of nitrogens with two attached hydrogens (primary N) is 1. The van der Waals surface area contributed by atoms with Gasteiger partial charge in [0.15, 0.2) is 0 Å². The second-order valence-corrected chi connectivity index (χ2v) is 6.51. The highest BCUT2D eigenvalue weighted by Crippen LogP contribution is 2.44. The molecule has 0 spiro atoms. The Morgan fingerprint density at radius 2 is 1.94 bits per heavy atom. The van der Waals surface area contributed by atoms with E-state index < -0.39 is 13.5 Å². The molecule has 2 unspecified atom stereocenters. The highest BCUT2D eigenvalue weighted by Gasteiger charge is 2.22. The van der Waals surface area contributed by atoms with Crippen LogP contribution in [0.15, 0.2) is 24.3 Å². The minimum Gasteiger partial charge on any atom is -0.391 e. The Morgan fingerprint density at radius 3 is 2.44 bits per heavy atom. The number of hydrogen-bond donors (Lipinski definition) is 3. The summed E-state index contributed by atoms with van der Waals surface area (Å²) in [5.41, 5.74) is 5.91. The molecule has 2 atom stereocenters. The predicted molar refractivity (Wildman–Crippen MR) is 64.9 cm³/mol. The van der Waals surface area contributed by atoms with Crippen LogP contribution in [0.5, 0.6) is 0 Å². The van der Waals surface area contributed by atoms with Crippen LogP contribution in [0.3, 0.4) is 0 Å². The quantitative estimate of drug-likeness (QED) is 0.702. The lowest BCUT2D eigenvalue weighted by Crippen LogP contribution is -2.23. The van der Waals surface area contributed by atoms with Crippen LogP contribution in [0.25, 0.3) is 0 Å². The normalized spacial score (nSPS) is 16.8. The molecular formula is C10H15ClNO3P. The summed E-state index contributed by atoms with van der Waals surface area (Å²) in [4.78, 5) is 9.65. The molecule has 0 amide bonds. The third-order valence-corrected chi connectivity index (χ3v) is 4.21. The average Bonchev–Trinajstić information content (AvgIpc) is 2.20. The summed E-state index contributed by atoms with van der Waals surface area (Å²) in [6.45, 7) is -0.00876. The van der Waals surface area contributed by atoms with Gasteiger partial charge in [-0.05, 0) is 17.7 Å². The number of aliphatic hydroxyl groups excluding tert-OH is 1.